The molecular weight excluding hydrogens is 426 g/mol. The molecule has 0 saturated carbocycles. The first-order chi connectivity index (χ1) is 14.5. The minimum Gasteiger partial charge on any atom is -0.459 e. The summed E-state index contributed by atoms with van der Waals surface area (Å²) in [6, 6.07) is 10.4. The first-order valence-electron chi connectivity index (χ1n) is 9.20. The van der Waals surface area contributed by atoms with Crippen LogP contribution in [0.2, 0.25) is 0 Å². The van der Waals surface area contributed by atoms with E-state index in [4.69, 9.17) is 4.42 Å². The van der Waals surface area contributed by atoms with Crippen molar-refractivity contribution in [2.24, 2.45) is 7.05 Å². The van der Waals surface area contributed by atoms with E-state index in [2.05, 4.69) is 11.6 Å². The standard InChI is InChI=1S/C19H18N4O5.CH3Cl.H3N/c1-20-14-6-3-2-5-13(14)16(17(19(20)25)23(26)27)21-8-10-22(11-9-21)18(24)15-7-4-12-28-15;1-2;/h2-7,12H,8-11H2,1H3;1H3;1H3. The van der Waals surface area contributed by atoms with Gasteiger partial charge in [0.1, 0.15) is 5.69 Å². The average Bonchev–Trinajstić information content (AvgIpc) is 3.32. The molecule has 2 aromatic heterocycles. The fourth-order valence-electron chi connectivity index (χ4n) is 3.64. The number of piperazine rings is 1. The Morgan fingerprint density at radius 1 is 1.10 bits per heavy atom. The molecule has 1 aromatic carbocycles. The molecule has 1 amide bonds. The van der Waals surface area contributed by atoms with Crippen LogP contribution in [0.4, 0.5) is 11.4 Å². The van der Waals surface area contributed by atoms with Crippen molar-refractivity contribution in [3.63, 3.8) is 0 Å². The number of carbonyl (C=O) groups is 1. The van der Waals surface area contributed by atoms with Gasteiger partial charge in [-0.3, -0.25) is 19.7 Å². The van der Waals surface area contributed by atoms with E-state index in [1.165, 1.54) is 24.3 Å². The number of aromatic nitrogens is 1. The molecule has 0 aliphatic carbocycles. The predicted molar refractivity (Wildman–Crippen MR) is 119 cm³/mol. The minimum atomic E-state index is -0.646. The zero-order valence-corrected chi connectivity index (χ0v) is 18.0. The molecule has 31 heavy (non-hydrogen) atoms. The van der Waals surface area contributed by atoms with Crippen LogP contribution in [0.1, 0.15) is 10.6 Å². The molecule has 1 aliphatic heterocycles. The molecule has 3 heterocycles. The second-order valence-corrected chi connectivity index (χ2v) is 6.59. The molecular formula is C20H24ClN5O5. The van der Waals surface area contributed by atoms with Gasteiger partial charge in [-0.1, -0.05) is 18.2 Å². The summed E-state index contributed by atoms with van der Waals surface area (Å²) in [4.78, 5) is 39.6. The van der Waals surface area contributed by atoms with Crippen LogP contribution in [0, 0.1) is 10.1 Å². The number of furan rings is 1. The third-order valence-electron chi connectivity index (χ3n) is 5.05. The van der Waals surface area contributed by atoms with E-state index < -0.39 is 16.2 Å². The number of hydrogen-bond donors (Lipinski definition) is 1. The molecule has 166 valence electrons. The summed E-state index contributed by atoms with van der Waals surface area (Å²) in [5.41, 5.74) is -0.143. The lowest BCUT2D eigenvalue weighted by Crippen LogP contribution is -2.49. The van der Waals surface area contributed by atoms with E-state index in [0.29, 0.717) is 42.8 Å². The molecule has 3 N–H and O–H groups in total. The molecule has 0 atom stereocenters. The fourth-order valence-corrected chi connectivity index (χ4v) is 3.64. The number of alkyl halides is 1. The number of aryl methyl sites for hydroxylation is 1. The van der Waals surface area contributed by atoms with Crippen molar-refractivity contribution in [2.75, 3.05) is 37.5 Å². The molecule has 0 bridgehead atoms. The second-order valence-electron chi connectivity index (χ2n) is 6.59. The zero-order chi connectivity index (χ0) is 21.8. The van der Waals surface area contributed by atoms with Crippen molar-refractivity contribution >= 4 is 39.8 Å². The van der Waals surface area contributed by atoms with Gasteiger partial charge in [0.25, 0.3) is 5.91 Å². The van der Waals surface area contributed by atoms with Crippen LogP contribution in [0.5, 0.6) is 0 Å². The number of rotatable bonds is 3. The monoisotopic (exact) mass is 449 g/mol. The highest BCUT2D eigenvalue weighted by atomic mass is 35.5. The highest BCUT2D eigenvalue weighted by molar-refractivity contribution is 6.15. The second kappa shape index (κ2) is 10.1. The molecule has 1 saturated heterocycles. The number of hydrogen-bond acceptors (Lipinski definition) is 7. The SMILES string of the molecule is CCl.Cn1c(=O)c([N+](=O)[O-])c(N2CCN(C(=O)c3ccco3)CC2)c2ccccc21.N. The topological polar surface area (TPSA) is 137 Å². The highest BCUT2D eigenvalue weighted by Crippen LogP contribution is 2.33. The number of nitro groups is 1. The summed E-state index contributed by atoms with van der Waals surface area (Å²) in [5, 5.41) is 12.3. The van der Waals surface area contributed by atoms with Crippen LogP contribution in [0.25, 0.3) is 10.9 Å². The van der Waals surface area contributed by atoms with Gasteiger partial charge in [0.2, 0.25) is 0 Å². The molecule has 0 spiro atoms. The van der Waals surface area contributed by atoms with Gasteiger partial charge in [0.05, 0.1) is 16.7 Å². The number of nitrogens with zero attached hydrogens (tertiary/aromatic N) is 4. The van der Waals surface area contributed by atoms with Crippen molar-refractivity contribution in [2.45, 2.75) is 0 Å². The number of halogens is 1. The summed E-state index contributed by atoms with van der Waals surface area (Å²) >= 11 is 4.64. The molecule has 1 aliphatic rings. The summed E-state index contributed by atoms with van der Waals surface area (Å²) in [6.45, 7) is 1.51. The maximum atomic E-state index is 12.6. The first kappa shape index (κ1) is 23.9. The Balaban J connectivity index is 0.00000111. The lowest BCUT2D eigenvalue weighted by molar-refractivity contribution is -0.385. The van der Waals surface area contributed by atoms with Gasteiger partial charge in [-0.15, -0.1) is 11.6 Å². The summed E-state index contributed by atoms with van der Waals surface area (Å²) in [7, 11) is 1.53. The van der Waals surface area contributed by atoms with Crippen molar-refractivity contribution in [3.8, 4) is 0 Å². The van der Waals surface area contributed by atoms with Gasteiger partial charge >= 0.3 is 11.2 Å². The van der Waals surface area contributed by atoms with Gasteiger partial charge in [-0.25, -0.2) is 0 Å². The van der Waals surface area contributed by atoms with Crippen molar-refractivity contribution in [1.29, 1.82) is 0 Å². The summed E-state index contributed by atoms with van der Waals surface area (Å²) in [6.07, 6.45) is 2.92. The number of benzene rings is 1. The Labute approximate surface area is 183 Å². The molecule has 10 nitrogen and oxygen atoms in total. The third-order valence-corrected chi connectivity index (χ3v) is 5.05. The fraction of sp³-hybridized carbons (Fsp3) is 0.300. The Morgan fingerprint density at radius 3 is 2.32 bits per heavy atom. The Hall–Kier alpha value is -3.37. The van der Waals surface area contributed by atoms with Gasteiger partial charge in [-0.2, -0.15) is 0 Å². The van der Waals surface area contributed by atoms with E-state index in [-0.39, 0.29) is 17.8 Å². The quantitative estimate of drug-likeness (QED) is 0.368. The number of anilines is 1. The van der Waals surface area contributed by atoms with Gasteiger partial charge in [-0.05, 0) is 18.2 Å². The summed E-state index contributed by atoms with van der Waals surface area (Å²) < 4.78 is 6.46. The smallest absolute Gasteiger partial charge is 0.357 e. The normalized spacial score (nSPS) is 13.3. The summed E-state index contributed by atoms with van der Waals surface area (Å²) in [5.74, 6) is 0.0476. The third kappa shape index (κ3) is 4.39. The molecule has 3 aromatic rings. The van der Waals surface area contributed by atoms with E-state index in [9.17, 15) is 19.7 Å². The van der Waals surface area contributed by atoms with Crippen LogP contribution in [-0.4, -0.2) is 52.9 Å². The Kier molecular flexibility index (Phi) is 7.78. The molecule has 0 radical (unpaired) electrons. The Morgan fingerprint density at radius 2 is 1.74 bits per heavy atom. The molecule has 4 rings (SSSR count). The van der Waals surface area contributed by atoms with E-state index >= 15 is 0 Å². The largest absolute Gasteiger partial charge is 0.459 e. The van der Waals surface area contributed by atoms with Gasteiger partial charge in [0.15, 0.2) is 5.76 Å². The van der Waals surface area contributed by atoms with Crippen molar-refractivity contribution in [1.82, 2.24) is 15.6 Å². The maximum Gasteiger partial charge on any atom is 0.357 e. The van der Waals surface area contributed by atoms with Crippen LogP contribution in [0.3, 0.4) is 0 Å². The van der Waals surface area contributed by atoms with Gasteiger partial charge in [0, 0.05) is 45.0 Å². The molecule has 0 unspecified atom stereocenters. The lowest BCUT2D eigenvalue weighted by atomic mass is 10.1. The number of amides is 1. The number of para-hydroxylation sites is 1. The Bertz CT molecular complexity index is 1120. The van der Waals surface area contributed by atoms with E-state index in [1.54, 1.807) is 41.3 Å². The van der Waals surface area contributed by atoms with E-state index in [0.717, 1.165) is 0 Å². The number of carbonyl (C=O) groups excluding carboxylic acids is 1. The van der Waals surface area contributed by atoms with Crippen LogP contribution in [-0.2, 0) is 7.05 Å². The molecule has 1 fully saturated rings. The number of pyridine rings is 1. The zero-order valence-electron chi connectivity index (χ0n) is 17.3. The van der Waals surface area contributed by atoms with Crippen molar-refractivity contribution in [3.05, 3.63) is 68.9 Å². The lowest BCUT2D eigenvalue weighted by Gasteiger charge is -2.35. The van der Waals surface area contributed by atoms with Crippen LogP contribution < -0.4 is 16.6 Å². The average molecular weight is 450 g/mol. The predicted octanol–water partition coefficient (Wildman–Crippen LogP) is 3.02. The van der Waals surface area contributed by atoms with Crippen molar-refractivity contribution < 1.29 is 14.1 Å². The van der Waals surface area contributed by atoms with E-state index in [1.807, 2.05) is 4.90 Å². The van der Waals surface area contributed by atoms with Gasteiger partial charge < -0.3 is 24.9 Å². The maximum absolute atomic E-state index is 12.6. The minimum absolute atomic E-state index is 0. The van der Waals surface area contributed by atoms with Crippen LogP contribution in [0.15, 0.2) is 51.9 Å². The van der Waals surface area contributed by atoms with Crippen LogP contribution >= 0.6 is 11.6 Å². The first-order valence-corrected chi connectivity index (χ1v) is 9.96. The number of fused-ring (bicyclic) bond motifs is 1. The molecule has 11 heteroatoms. The highest BCUT2D eigenvalue weighted by Gasteiger charge is 2.32.